The van der Waals surface area contributed by atoms with E-state index in [0.717, 1.165) is 13.0 Å². The monoisotopic (exact) mass is 338 g/mol. The summed E-state index contributed by atoms with van der Waals surface area (Å²) in [6, 6.07) is 6.36. The number of nitrogens with one attached hydrogen (secondary N) is 1. The number of fused-ring (bicyclic) bond motifs is 1. The summed E-state index contributed by atoms with van der Waals surface area (Å²) in [5, 5.41) is 7.24. The number of hydrogen-bond donors (Lipinski definition) is 1. The molecule has 2 aliphatic rings. The lowest BCUT2D eigenvalue weighted by Gasteiger charge is -2.21. The third-order valence-electron chi connectivity index (χ3n) is 4.30. The van der Waals surface area contributed by atoms with Crippen LogP contribution in [0.1, 0.15) is 18.7 Å². The van der Waals surface area contributed by atoms with Gasteiger partial charge in [-0.25, -0.2) is 4.39 Å². The second-order valence-corrected chi connectivity index (χ2v) is 5.66. The van der Waals surface area contributed by atoms with Gasteiger partial charge in [-0.3, -0.25) is 4.79 Å². The Hall–Kier alpha value is -1.99. The van der Waals surface area contributed by atoms with E-state index in [4.69, 9.17) is 4.52 Å². The van der Waals surface area contributed by atoms with E-state index in [2.05, 4.69) is 15.5 Å². The summed E-state index contributed by atoms with van der Waals surface area (Å²) in [7, 11) is 0. The smallest absolute Gasteiger partial charge is 0.246 e. The molecule has 1 aromatic heterocycles. The molecule has 1 aromatic carbocycles. The summed E-state index contributed by atoms with van der Waals surface area (Å²) < 4.78 is 18.2. The van der Waals surface area contributed by atoms with E-state index in [1.54, 1.807) is 12.1 Å². The molecule has 3 heterocycles. The van der Waals surface area contributed by atoms with Crippen molar-refractivity contribution in [2.45, 2.75) is 31.5 Å². The van der Waals surface area contributed by atoms with Crippen LogP contribution < -0.4 is 5.32 Å². The molecular formula is C15H16ClFN4O2. The van der Waals surface area contributed by atoms with E-state index < -0.39 is 0 Å². The number of aromatic nitrogens is 2. The highest BCUT2D eigenvalue weighted by Crippen LogP contribution is 2.27. The molecule has 2 atom stereocenters. The number of benzene rings is 1. The minimum atomic E-state index is -0.310. The molecule has 8 heteroatoms. The van der Waals surface area contributed by atoms with E-state index in [1.165, 1.54) is 12.1 Å². The molecule has 122 valence electrons. The van der Waals surface area contributed by atoms with Gasteiger partial charge in [0.25, 0.3) is 0 Å². The van der Waals surface area contributed by atoms with Gasteiger partial charge in [-0.1, -0.05) is 5.16 Å². The van der Waals surface area contributed by atoms with Gasteiger partial charge in [-0.2, -0.15) is 4.98 Å². The van der Waals surface area contributed by atoms with E-state index in [1.807, 2.05) is 4.90 Å². The number of nitrogens with zero attached hydrogens (tertiary/aromatic N) is 3. The van der Waals surface area contributed by atoms with Crippen molar-refractivity contribution >= 4 is 18.3 Å². The summed E-state index contributed by atoms with van der Waals surface area (Å²) in [6.07, 6.45) is 1.49. The first-order valence-electron chi connectivity index (χ1n) is 7.32. The van der Waals surface area contributed by atoms with Crippen LogP contribution in [0.3, 0.4) is 0 Å². The molecule has 0 bridgehead atoms. The molecule has 0 unspecified atom stereocenters. The van der Waals surface area contributed by atoms with Crippen LogP contribution in [0.5, 0.6) is 0 Å². The van der Waals surface area contributed by atoms with Gasteiger partial charge in [0, 0.05) is 24.1 Å². The van der Waals surface area contributed by atoms with Gasteiger partial charge in [-0.15, -0.1) is 12.4 Å². The first kappa shape index (κ1) is 15.9. The van der Waals surface area contributed by atoms with Crippen molar-refractivity contribution in [3.8, 4) is 11.4 Å². The van der Waals surface area contributed by atoms with E-state index in [0.29, 0.717) is 30.2 Å². The Morgan fingerprint density at radius 1 is 1.35 bits per heavy atom. The number of hydrogen-bond acceptors (Lipinski definition) is 5. The molecule has 1 amide bonds. The van der Waals surface area contributed by atoms with Crippen molar-refractivity contribution in [3.63, 3.8) is 0 Å². The Bertz CT molecular complexity index is 706. The lowest BCUT2D eigenvalue weighted by Crippen LogP contribution is -2.35. The van der Waals surface area contributed by atoms with Crippen LogP contribution in [0.15, 0.2) is 28.8 Å². The van der Waals surface area contributed by atoms with Gasteiger partial charge in [0.15, 0.2) is 0 Å². The van der Waals surface area contributed by atoms with E-state index in [9.17, 15) is 9.18 Å². The van der Waals surface area contributed by atoms with E-state index in [-0.39, 0.29) is 36.2 Å². The fourth-order valence-electron chi connectivity index (χ4n) is 3.21. The molecule has 1 N–H and O–H groups in total. The number of carbonyl (C=O) groups excluding carboxylic acids is 1. The minimum absolute atomic E-state index is 0. The van der Waals surface area contributed by atoms with Crippen LogP contribution in [0, 0.1) is 5.82 Å². The highest BCUT2D eigenvalue weighted by molar-refractivity contribution is 5.85. The van der Waals surface area contributed by atoms with E-state index >= 15 is 0 Å². The fraction of sp³-hybridized carbons (Fsp3) is 0.400. The maximum absolute atomic E-state index is 12.9. The average Bonchev–Trinajstić information content (AvgIpc) is 3.19. The topological polar surface area (TPSA) is 71.3 Å². The normalized spacial score (nSPS) is 23.0. The molecule has 2 aliphatic heterocycles. The van der Waals surface area contributed by atoms with Crippen molar-refractivity contribution in [2.75, 3.05) is 6.54 Å². The van der Waals surface area contributed by atoms with Crippen molar-refractivity contribution in [2.24, 2.45) is 0 Å². The van der Waals surface area contributed by atoms with Gasteiger partial charge in [0.05, 0.1) is 0 Å². The predicted octanol–water partition coefficient (Wildman–Crippen LogP) is 1.76. The number of amides is 1. The Labute approximate surface area is 138 Å². The molecule has 2 saturated heterocycles. The molecular weight excluding hydrogens is 323 g/mol. The fourth-order valence-corrected chi connectivity index (χ4v) is 3.21. The van der Waals surface area contributed by atoms with Gasteiger partial charge < -0.3 is 14.7 Å². The van der Waals surface area contributed by atoms with Gasteiger partial charge >= 0.3 is 0 Å². The third-order valence-corrected chi connectivity index (χ3v) is 4.30. The Balaban J connectivity index is 0.00000156. The number of halogens is 2. The summed E-state index contributed by atoms with van der Waals surface area (Å²) in [6.45, 7) is 1.26. The second-order valence-electron chi connectivity index (χ2n) is 5.66. The number of carbonyl (C=O) groups is 1. The zero-order valence-electron chi connectivity index (χ0n) is 12.2. The molecule has 2 aromatic rings. The lowest BCUT2D eigenvalue weighted by molar-refractivity contribution is -0.129. The summed E-state index contributed by atoms with van der Waals surface area (Å²) in [5.41, 5.74) is 0.685. The molecule has 0 spiro atoms. The maximum atomic E-state index is 12.9. The largest absolute Gasteiger partial charge is 0.337 e. The zero-order chi connectivity index (χ0) is 15.1. The highest BCUT2D eigenvalue weighted by Gasteiger charge is 2.42. The predicted molar refractivity (Wildman–Crippen MR) is 82.3 cm³/mol. The maximum Gasteiger partial charge on any atom is 0.246 e. The van der Waals surface area contributed by atoms with Crippen LogP contribution in [-0.4, -0.2) is 39.6 Å². The van der Waals surface area contributed by atoms with Gasteiger partial charge in [0.2, 0.25) is 17.6 Å². The van der Waals surface area contributed by atoms with Gasteiger partial charge in [-0.05, 0) is 37.2 Å². The molecule has 0 radical (unpaired) electrons. The Kier molecular flexibility index (Phi) is 4.32. The van der Waals surface area contributed by atoms with Crippen molar-refractivity contribution in [1.29, 1.82) is 0 Å². The second kappa shape index (κ2) is 6.25. The minimum Gasteiger partial charge on any atom is -0.337 e. The average molecular weight is 339 g/mol. The molecule has 0 aliphatic carbocycles. The van der Waals surface area contributed by atoms with Crippen LogP contribution in [0.4, 0.5) is 4.39 Å². The molecule has 6 nitrogen and oxygen atoms in total. The Morgan fingerprint density at radius 3 is 2.91 bits per heavy atom. The van der Waals surface area contributed by atoms with Crippen LogP contribution in [0.2, 0.25) is 0 Å². The summed E-state index contributed by atoms with van der Waals surface area (Å²) >= 11 is 0. The van der Waals surface area contributed by atoms with Crippen LogP contribution in [-0.2, 0) is 11.3 Å². The van der Waals surface area contributed by atoms with Gasteiger partial charge in [0.1, 0.15) is 12.4 Å². The lowest BCUT2D eigenvalue weighted by atomic mass is 10.1. The number of likely N-dealkylation sites (tertiary alicyclic amines) is 1. The quantitative estimate of drug-likeness (QED) is 0.923. The van der Waals surface area contributed by atoms with Crippen LogP contribution in [0.25, 0.3) is 11.4 Å². The summed E-state index contributed by atoms with van der Waals surface area (Å²) in [5.74, 6) is 0.613. The van der Waals surface area contributed by atoms with Crippen molar-refractivity contribution in [1.82, 2.24) is 20.4 Å². The highest BCUT2D eigenvalue weighted by atomic mass is 35.5. The Morgan fingerprint density at radius 2 is 2.13 bits per heavy atom. The van der Waals surface area contributed by atoms with Crippen LogP contribution >= 0.6 is 12.4 Å². The van der Waals surface area contributed by atoms with Crippen molar-refractivity contribution in [3.05, 3.63) is 36.0 Å². The molecule has 23 heavy (non-hydrogen) atoms. The standard InChI is InChI=1S/C15H15FN4O2.ClH/c16-10-3-1-9(2-4-10)15-18-13(22-19-15)8-20-12-5-6-17-11(12)7-14(20)21;/h1-4,11-12,17H,5-8H2;1H/t11-,12-;/m1./s1. The SMILES string of the molecule is Cl.O=C1C[C@H]2NCC[C@H]2N1Cc1nc(-c2ccc(F)cc2)no1. The first-order chi connectivity index (χ1) is 10.7. The number of rotatable bonds is 3. The molecule has 2 fully saturated rings. The molecule has 4 rings (SSSR count). The third kappa shape index (κ3) is 2.94. The first-order valence-corrected chi connectivity index (χ1v) is 7.32. The summed E-state index contributed by atoms with van der Waals surface area (Å²) in [4.78, 5) is 18.2. The zero-order valence-corrected chi connectivity index (χ0v) is 13.1. The van der Waals surface area contributed by atoms with Crippen molar-refractivity contribution < 1.29 is 13.7 Å². The molecule has 0 saturated carbocycles.